The number of nitro groups is 1. The van der Waals surface area contributed by atoms with E-state index in [0.717, 1.165) is 0 Å². The normalized spacial score (nSPS) is 10.1. The van der Waals surface area contributed by atoms with Gasteiger partial charge in [-0.1, -0.05) is 0 Å². The van der Waals surface area contributed by atoms with E-state index in [4.69, 9.17) is 11.1 Å². The van der Waals surface area contributed by atoms with E-state index in [0.29, 0.717) is 11.3 Å². The van der Waals surface area contributed by atoms with Crippen molar-refractivity contribution in [3.05, 3.63) is 52.5 Å². The van der Waals surface area contributed by atoms with Crippen molar-refractivity contribution in [2.45, 2.75) is 6.54 Å². The number of amides is 1. The number of rotatable bonds is 5. The van der Waals surface area contributed by atoms with Crippen molar-refractivity contribution < 1.29 is 9.72 Å². The van der Waals surface area contributed by atoms with E-state index in [1.807, 2.05) is 0 Å². The van der Waals surface area contributed by atoms with Gasteiger partial charge < -0.3 is 25.7 Å². The van der Waals surface area contributed by atoms with Crippen molar-refractivity contribution in [3.63, 3.8) is 0 Å². The fourth-order valence-electron chi connectivity index (χ4n) is 1.63. The summed E-state index contributed by atoms with van der Waals surface area (Å²) >= 11 is 0. The lowest BCUT2D eigenvalue weighted by molar-refractivity contribution is -0.389. The Hall–Kier alpha value is -3.23. The van der Waals surface area contributed by atoms with Gasteiger partial charge in [-0.3, -0.25) is 10.2 Å². The van der Waals surface area contributed by atoms with Gasteiger partial charge in [0.2, 0.25) is 12.2 Å². The minimum Gasteiger partial charge on any atom is -0.384 e. The topological polar surface area (TPSA) is 140 Å². The molecule has 9 heteroatoms. The number of anilines is 1. The first-order chi connectivity index (χ1) is 9.95. The maximum absolute atomic E-state index is 11.8. The van der Waals surface area contributed by atoms with E-state index in [2.05, 4.69) is 10.3 Å². The number of imidazole rings is 1. The molecule has 21 heavy (non-hydrogen) atoms. The number of amidine groups is 1. The molecular formula is C12H12N6O3. The molecule has 4 N–H and O–H groups in total. The van der Waals surface area contributed by atoms with Crippen molar-refractivity contribution >= 4 is 23.2 Å². The zero-order valence-corrected chi connectivity index (χ0v) is 10.8. The number of nitrogens with one attached hydrogen (secondary N) is 2. The van der Waals surface area contributed by atoms with Crippen molar-refractivity contribution in [1.29, 1.82) is 5.41 Å². The molecule has 0 unspecified atom stereocenters. The smallest absolute Gasteiger partial charge is 0.381 e. The number of nitrogen functional groups attached to an aromatic ring is 1. The van der Waals surface area contributed by atoms with Crippen LogP contribution in [0, 0.1) is 15.5 Å². The van der Waals surface area contributed by atoms with E-state index in [9.17, 15) is 14.9 Å². The van der Waals surface area contributed by atoms with Gasteiger partial charge in [0.25, 0.3) is 0 Å². The lowest BCUT2D eigenvalue weighted by atomic mass is 10.2. The largest absolute Gasteiger partial charge is 0.384 e. The lowest BCUT2D eigenvalue weighted by Gasteiger charge is -2.06. The first-order valence-corrected chi connectivity index (χ1v) is 5.86. The highest BCUT2D eigenvalue weighted by Crippen LogP contribution is 2.10. The van der Waals surface area contributed by atoms with Gasteiger partial charge in [-0.2, -0.15) is 0 Å². The number of benzene rings is 1. The fourth-order valence-corrected chi connectivity index (χ4v) is 1.63. The highest BCUT2D eigenvalue weighted by atomic mass is 16.6. The van der Waals surface area contributed by atoms with Crippen LogP contribution in [-0.4, -0.2) is 26.2 Å². The molecule has 0 saturated carbocycles. The van der Waals surface area contributed by atoms with Crippen LogP contribution in [0.1, 0.15) is 5.56 Å². The molecule has 0 fully saturated rings. The molecule has 1 aromatic heterocycles. The second-order valence-corrected chi connectivity index (χ2v) is 4.20. The van der Waals surface area contributed by atoms with E-state index >= 15 is 0 Å². The van der Waals surface area contributed by atoms with Crippen LogP contribution in [0.3, 0.4) is 0 Å². The Labute approximate surface area is 119 Å². The fraction of sp³-hybridized carbons (Fsp3) is 0.0833. The summed E-state index contributed by atoms with van der Waals surface area (Å²) < 4.78 is 1.32. The molecule has 1 heterocycles. The summed E-state index contributed by atoms with van der Waals surface area (Å²) in [6.07, 6.45) is 2.40. The third-order valence-electron chi connectivity index (χ3n) is 2.61. The average molecular weight is 288 g/mol. The average Bonchev–Trinajstić information content (AvgIpc) is 2.87. The number of carbonyl (C=O) groups is 1. The number of nitrogens with two attached hydrogens (primary N) is 1. The van der Waals surface area contributed by atoms with Crippen LogP contribution in [-0.2, 0) is 11.3 Å². The Morgan fingerprint density at radius 3 is 2.62 bits per heavy atom. The van der Waals surface area contributed by atoms with Crippen LogP contribution in [0.4, 0.5) is 11.5 Å². The van der Waals surface area contributed by atoms with Crippen molar-refractivity contribution in [1.82, 2.24) is 9.55 Å². The van der Waals surface area contributed by atoms with E-state index in [1.54, 1.807) is 24.3 Å². The quantitative estimate of drug-likeness (QED) is 0.322. The standard InChI is InChI=1S/C12H12N6O3/c13-12(14)8-1-3-9(4-2-8)16-11(19)6-17-5-10(15-7-17)18(20)21/h1-5,7H,6H2,(H3,13,14)(H,16,19). The third kappa shape index (κ3) is 3.62. The maximum atomic E-state index is 11.8. The number of hydrogen-bond acceptors (Lipinski definition) is 5. The monoisotopic (exact) mass is 288 g/mol. The van der Waals surface area contributed by atoms with Gasteiger partial charge in [0.1, 0.15) is 18.6 Å². The van der Waals surface area contributed by atoms with Crippen LogP contribution in [0.25, 0.3) is 0 Å². The van der Waals surface area contributed by atoms with Gasteiger partial charge in [0.15, 0.2) is 0 Å². The molecule has 0 atom stereocenters. The summed E-state index contributed by atoms with van der Waals surface area (Å²) in [5.74, 6) is -0.718. The number of aromatic nitrogens is 2. The Kier molecular flexibility index (Phi) is 3.93. The summed E-state index contributed by atoms with van der Waals surface area (Å²) in [6, 6.07) is 6.45. The van der Waals surface area contributed by atoms with Gasteiger partial charge in [-0.05, 0) is 34.2 Å². The van der Waals surface area contributed by atoms with E-state index in [-0.39, 0.29) is 24.1 Å². The molecular weight excluding hydrogens is 276 g/mol. The first kappa shape index (κ1) is 14.2. The van der Waals surface area contributed by atoms with E-state index in [1.165, 1.54) is 17.1 Å². The van der Waals surface area contributed by atoms with Gasteiger partial charge in [-0.15, -0.1) is 0 Å². The molecule has 0 aliphatic heterocycles. The zero-order valence-electron chi connectivity index (χ0n) is 10.8. The zero-order chi connectivity index (χ0) is 15.4. The molecule has 0 spiro atoms. The maximum Gasteiger partial charge on any atom is 0.381 e. The Morgan fingerprint density at radius 2 is 2.10 bits per heavy atom. The van der Waals surface area contributed by atoms with Gasteiger partial charge in [-0.25, -0.2) is 0 Å². The molecule has 0 bridgehead atoms. The molecule has 0 radical (unpaired) electrons. The summed E-state index contributed by atoms with van der Waals surface area (Å²) in [5.41, 5.74) is 6.42. The van der Waals surface area contributed by atoms with Crippen molar-refractivity contribution in [3.8, 4) is 0 Å². The Balaban J connectivity index is 1.97. The van der Waals surface area contributed by atoms with Gasteiger partial charge in [0.05, 0.1) is 0 Å². The second kappa shape index (κ2) is 5.82. The summed E-state index contributed by atoms with van der Waals surface area (Å²) in [6.45, 7) is -0.0880. The number of hydrogen-bond donors (Lipinski definition) is 3. The van der Waals surface area contributed by atoms with Crippen molar-refractivity contribution in [2.75, 3.05) is 5.32 Å². The van der Waals surface area contributed by atoms with Crippen LogP contribution in [0.5, 0.6) is 0 Å². The Morgan fingerprint density at radius 1 is 1.43 bits per heavy atom. The van der Waals surface area contributed by atoms with Crippen molar-refractivity contribution in [2.24, 2.45) is 5.73 Å². The second-order valence-electron chi connectivity index (χ2n) is 4.20. The van der Waals surface area contributed by atoms with Crippen LogP contribution >= 0.6 is 0 Å². The summed E-state index contributed by atoms with van der Waals surface area (Å²) in [7, 11) is 0. The molecule has 2 aromatic rings. The molecule has 2 rings (SSSR count). The molecule has 0 saturated heterocycles. The van der Waals surface area contributed by atoms with Gasteiger partial charge in [0, 0.05) is 11.3 Å². The van der Waals surface area contributed by atoms with E-state index < -0.39 is 4.92 Å². The Bertz CT molecular complexity index is 691. The predicted molar refractivity (Wildman–Crippen MR) is 75.0 cm³/mol. The number of nitrogens with zero attached hydrogens (tertiary/aromatic N) is 3. The minimum absolute atomic E-state index is 0.0569. The van der Waals surface area contributed by atoms with Crippen LogP contribution < -0.4 is 11.1 Å². The number of carbonyl (C=O) groups excluding carboxylic acids is 1. The first-order valence-electron chi connectivity index (χ1n) is 5.86. The lowest BCUT2D eigenvalue weighted by Crippen LogP contribution is -2.18. The highest BCUT2D eigenvalue weighted by molar-refractivity contribution is 5.96. The molecule has 9 nitrogen and oxygen atoms in total. The van der Waals surface area contributed by atoms with Gasteiger partial charge >= 0.3 is 5.82 Å². The minimum atomic E-state index is -0.630. The molecule has 108 valence electrons. The highest BCUT2D eigenvalue weighted by Gasteiger charge is 2.12. The predicted octanol–water partition coefficient (Wildman–Crippen LogP) is 0.714. The molecule has 1 amide bonds. The molecule has 0 aliphatic rings. The third-order valence-corrected chi connectivity index (χ3v) is 2.61. The molecule has 1 aromatic carbocycles. The SMILES string of the molecule is N=C(N)c1ccc(NC(=O)Cn2cnc([N+](=O)[O-])c2)cc1. The van der Waals surface area contributed by atoms with Crippen LogP contribution in [0.2, 0.25) is 0 Å². The van der Waals surface area contributed by atoms with Crippen LogP contribution in [0.15, 0.2) is 36.8 Å². The summed E-state index contributed by atoms with van der Waals surface area (Å²) in [4.78, 5) is 25.2. The summed E-state index contributed by atoms with van der Waals surface area (Å²) in [5, 5.41) is 20.4. The molecule has 0 aliphatic carbocycles.